The van der Waals surface area contributed by atoms with E-state index in [0.29, 0.717) is 35.0 Å². The lowest BCUT2D eigenvalue weighted by Gasteiger charge is -2.46. The first-order chi connectivity index (χ1) is 44.6. The molecule has 5 aromatic rings. The molecule has 500 valence electrons. The lowest BCUT2D eigenvalue weighted by molar-refractivity contribution is -0.310. The number of carboxylic acids is 2. The molecule has 2 unspecified atom stereocenters. The van der Waals surface area contributed by atoms with Crippen molar-refractivity contribution in [2.24, 2.45) is 0 Å². The van der Waals surface area contributed by atoms with E-state index < -0.39 is 133 Å². The molecule has 0 aliphatic carbocycles. The lowest BCUT2D eigenvalue weighted by Crippen LogP contribution is -2.68. The number of aliphatic hydroxyl groups excluding tert-OH is 5. The van der Waals surface area contributed by atoms with E-state index >= 15 is 0 Å². The Hall–Kier alpha value is -7.80. The van der Waals surface area contributed by atoms with Crippen molar-refractivity contribution in [3.63, 3.8) is 0 Å². The van der Waals surface area contributed by atoms with E-state index in [2.05, 4.69) is 31.9 Å². The molecule has 0 bridgehead atoms. The van der Waals surface area contributed by atoms with E-state index in [1.165, 1.54) is 36.5 Å². The SMILES string of the molecule is CC(=O)N[C@@H]1C(O)C[C@](OCCCSCCNC(=O)c2cccc(C(=O)NCCSCCCO[C@]3(C(=O)O)C[C@H](O)[C@@H](NC(C)=O)C([C@H](O)[C@H](O)CNC(=O)c4ccc(-c5ccccc5)cc4)O3)c2)(C(=O)O)O[C@H]1[C@H](O)CCNC(=O)c1ccc(-c2ccccc2)cc1. The second kappa shape index (κ2) is 35.5. The molecule has 2 aliphatic heterocycles. The maximum Gasteiger partial charge on any atom is 0.364 e. The maximum absolute atomic E-state index is 13.1. The number of ether oxygens (including phenoxy) is 4. The molecule has 25 nitrogen and oxygen atoms in total. The first-order valence-electron chi connectivity index (χ1n) is 30.3. The summed E-state index contributed by atoms with van der Waals surface area (Å²) in [4.78, 5) is 102. The van der Waals surface area contributed by atoms with Gasteiger partial charge in [0, 0.05) is 86.6 Å². The number of thioether (sulfide) groups is 2. The minimum Gasteiger partial charge on any atom is -0.477 e. The zero-order valence-electron chi connectivity index (χ0n) is 51.4. The summed E-state index contributed by atoms with van der Waals surface area (Å²) < 4.78 is 23.3. The van der Waals surface area contributed by atoms with Gasteiger partial charge >= 0.3 is 11.9 Å². The van der Waals surface area contributed by atoms with Crippen molar-refractivity contribution >= 4 is 70.9 Å². The van der Waals surface area contributed by atoms with Gasteiger partial charge in [0.15, 0.2) is 0 Å². The molecule has 7 rings (SSSR count). The van der Waals surface area contributed by atoms with Crippen LogP contribution in [0.5, 0.6) is 0 Å². The third-order valence-corrected chi connectivity index (χ3v) is 17.5. The van der Waals surface area contributed by atoms with Crippen LogP contribution < -0.4 is 31.9 Å². The van der Waals surface area contributed by atoms with Crippen molar-refractivity contribution in [1.29, 1.82) is 0 Å². The van der Waals surface area contributed by atoms with Crippen molar-refractivity contribution in [1.82, 2.24) is 31.9 Å². The fourth-order valence-corrected chi connectivity index (χ4v) is 12.1. The molecule has 27 heteroatoms. The van der Waals surface area contributed by atoms with Crippen LogP contribution in [0.25, 0.3) is 22.3 Å². The summed E-state index contributed by atoms with van der Waals surface area (Å²) >= 11 is 2.86. The highest BCUT2D eigenvalue weighted by Gasteiger charge is 2.57. The van der Waals surface area contributed by atoms with Crippen LogP contribution in [0.4, 0.5) is 0 Å². The number of hydrogen-bond donors (Lipinski definition) is 13. The number of rotatable bonds is 34. The van der Waals surface area contributed by atoms with Gasteiger partial charge in [-0.2, -0.15) is 23.5 Å². The largest absolute Gasteiger partial charge is 0.477 e. The first-order valence-corrected chi connectivity index (χ1v) is 32.7. The minimum absolute atomic E-state index is 0.0524. The number of amides is 6. The van der Waals surface area contributed by atoms with Crippen LogP contribution in [-0.4, -0.2) is 212 Å². The highest BCUT2D eigenvalue weighted by Crippen LogP contribution is 2.36. The van der Waals surface area contributed by atoms with Crippen molar-refractivity contribution < 1.29 is 93.0 Å². The van der Waals surface area contributed by atoms with E-state index in [1.54, 1.807) is 54.6 Å². The van der Waals surface area contributed by atoms with Gasteiger partial charge in [0.05, 0.1) is 49.7 Å². The molecule has 6 amide bonds. The number of hydrogen-bond acceptors (Lipinski definition) is 19. The van der Waals surface area contributed by atoms with Gasteiger partial charge in [0.2, 0.25) is 11.8 Å². The fourth-order valence-electron chi connectivity index (χ4n) is 10.5. The van der Waals surface area contributed by atoms with E-state index in [-0.39, 0.29) is 62.4 Å². The van der Waals surface area contributed by atoms with Crippen LogP contribution in [0.2, 0.25) is 0 Å². The zero-order chi connectivity index (χ0) is 67.1. The quantitative estimate of drug-likeness (QED) is 0.0263. The molecule has 2 fully saturated rings. The van der Waals surface area contributed by atoms with E-state index in [1.807, 2.05) is 72.8 Å². The van der Waals surface area contributed by atoms with Gasteiger partial charge in [-0.1, -0.05) is 91.0 Å². The Kier molecular flexibility index (Phi) is 27.7. The second-order valence-electron chi connectivity index (χ2n) is 22.3. The molecule has 11 atom stereocenters. The number of nitrogens with one attached hydrogen (secondary N) is 6. The van der Waals surface area contributed by atoms with Crippen molar-refractivity contribution in [3.05, 3.63) is 156 Å². The molecule has 0 saturated carbocycles. The van der Waals surface area contributed by atoms with Crippen molar-refractivity contribution in [2.45, 2.75) is 112 Å². The van der Waals surface area contributed by atoms with Crippen molar-refractivity contribution in [3.8, 4) is 22.3 Å². The third kappa shape index (κ3) is 20.8. The maximum atomic E-state index is 13.1. The molecular formula is C66H80N6O19S2. The summed E-state index contributed by atoms with van der Waals surface area (Å²) in [7, 11) is 0. The lowest BCUT2D eigenvalue weighted by atomic mass is 9.88. The molecule has 5 aromatic carbocycles. The van der Waals surface area contributed by atoms with Crippen LogP contribution in [0.1, 0.15) is 87.4 Å². The van der Waals surface area contributed by atoms with Crippen LogP contribution in [-0.2, 0) is 38.1 Å². The van der Waals surface area contributed by atoms with Gasteiger partial charge in [-0.3, -0.25) is 28.8 Å². The van der Waals surface area contributed by atoms with Crippen molar-refractivity contribution in [2.75, 3.05) is 62.4 Å². The molecule has 2 saturated heterocycles. The first kappa shape index (κ1) is 72.6. The number of benzene rings is 5. The average molecular weight is 1330 g/mol. The van der Waals surface area contributed by atoms with Crippen LogP contribution in [0.3, 0.4) is 0 Å². The number of carbonyl (C=O) groups is 8. The molecule has 0 radical (unpaired) electrons. The fraction of sp³-hybridized carbons (Fsp3) is 0.424. The molecule has 2 aliphatic rings. The standard InChI is InChI=1S/C66H80N6O19S2/c1-40(73)71-54-51(76)37-65(63(84)85,90-57(54)50(75)26-27-67-59(80)46-22-18-44(19-23-46)42-12-5-3-6-13-42)88-30-10-32-92-34-28-68-61(82)48-16-9-17-49(36-48)62(83)69-29-35-93-33-11-31-89-66(64(86)87)38-52(77)55(72-41(2)74)58(91-66)56(79)53(78)39-70-60(81)47-24-20-45(21-25-47)43-14-7-4-8-15-43/h3-9,12-25,36,50-58,75-79H,10-11,26-35,37-39H2,1-2H3,(H,67,80)(H,68,82)(H,69,83)(H,70,81)(H,71,73)(H,72,74)(H,84,85)(H,86,87)/t50-,51?,52+,53-,54-,55-,56-,57+,58?,65-,66-/m1/s1. The topological polar surface area (TPSA) is 387 Å². The summed E-state index contributed by atoms with van der Waals surface area (Å²) in [5.74, 6) is -9.27. The van der Waals surface area contributed by atoms with Crippen LogP contribution in [0.15, 0.2) is 133 Å². The van der Waals surface area contributed by atoms with Gasteiger partial charge < -0.3 is 86.6 Å². The molecule has 93 heavy (non-hydrogen) atoms. The van der Waals surface area contributed by atoms with Gasteiger partial charge in [-0.05, 0) is 95.5 Å². The highest BCUT2D eigenvalue weighted by atomic mass is 32.2. The minimum atomic E-state index is -2.49. The van der Waals surface area contributed by atoms with Gasteiger partial charge in [0.25, 0.3) is 35.2 Å². The van der Waals surface area contributed by atoms with Gasteiger partial charge in [-0.15, -0.1) is 0 Å². The normalized spacial score (nSPS) is 22.0. The third-order valence-electron chi connectivity index (χ3n) is 15.3. The Balaban J connectivity index is 0.780. The summed E-state index contributed by atoms with van der Waals surface area (Å²) in [5, 5.41) is 92.5. The summed E-state index contributed by atoms with van der Waals surface area (Å²) in [6, 6.07) is 36.4. The number of aliphatic carboxylic acids is 2. The second-order valence-corrected chi connectivity index (χ2v) is 24.7. The Morgan fingerprint density at radius 3 is 1.34 bits per heavy atom. The zero-order valence-corrected chi connectivity index (χ0v) is 53.0. The van der Waals surface area contributed by atoms with E-state index in [0.717, 1.165) is 29.2 Å². The van der Waals surface area contributed by atoms with E-state index in [9.17, 15) is 74.1 Å². The number of carbonyl (C=O) groups excluding carboxylic acids is 6. The average Bonchev–Trinajstić information content (AvgIpc) is 0.783. The monoisotopic (exact) mass is 1320 g/mol. The number of carboxylic acid groups (broad SMARTS) is 2. The summed E-state index contributed by atoms with van der Waals surface area (Å²) in [6.45, 7) is 1.95. The molecular weight excluding hydrogens is 1240 g/mol. The molecule has 2 heterocycles. The number of aliphatic hydroxyl groups is 5. The molecule has 0 aromatic heterocycles. The Labute approximate surface area is 546 Å². The Morgan fingerprint density at radius 1 is 0.505 bits per heavy atom. The van der Waals surface area contributed by atoms with E-state index in [4.69, 9.17) is 18.9 Å². The van der Waals surface area contributed by atoms with Crippen LogP contribution >= 0.6 is 23.5 Å². The van der Waals surface area contributed by atoms with Crippen LogP contribution in [0, 0.1) is 0 Å². The highest BCUT2D eigenvalue weighted by molar-refractivity contribution is 7.99. The molecule has 0 spiro atoms. The Morgan fingerprint density at radius 2 is 0.903 bits per heavy atom. The Bertz CT molecular complexity index is 3300. The predicted octanol–water partition coefficient (Wildman–Crippen LogP) is 2.96. The smallest absolute Gasteiger partial charge is 0.364 e. The summed E-state index contributed by atoms with van der Waals surface area (Å²) in [5.41, 5.74) is 4.84. The van der Waals surface area contributed by atoms with Gasteiger partial charge in [-0.25, -0.2) is 9.59 Å². The van der Waals surface area contributed by atoms with Gasteiger partial charge in [0.1, 0.15) is 18.3 Å². The predicted molar refractivity (Wildman–Crippen MR) is 345 cm³/mol. The summed E-state index contributed by atoms with van der Waals surface area (Å²) in [6.07, 6.45) is -12.1. The molecule has 13 N–H and O–H groups in total.